The quantitative estimate of drug-likeness (QED) is 0.298. The number of benzene rings is 5. The lowest BCUT2D eigenvalue weighted by Gasteiger charge is -2.09. The second-order valence-corrected chi connectivity index (χ2v) is 8.32. The molecule has 2 heterocycles. The average molecular weight is 409 g/mol. The zero-order valence-electron chi connectivity index (χ0n) is 17.4. The second kappa shape index (κ2) is 6.60. The third-order valence-electron chi connectivity index (χ3n) is 6.53. The Morgan fingerprint density at radius 1 is 0.500 bits per heavy atom. The normalized spacial score (nSPS) is 11.8. The summed E-state index contributed by atoms with van der Waals surface area (Å²) < 4.78 is 2.36. The van der Waals surface area contributed by atoms with Gasteiger partial charge in [-0.05, 0) is 53.6 Å². The molecular formula is C30H20N2. The monoisotopic (exact) mass is 408 g/mol. The third kappa shape index (κ3) is 2.41. The average Bonchev–Trinajstić information content (AvgIpc) is 3.40. The van der Waals surface area contributed by atoms with Crippen LogP contribution >= 0.6 is 0 Å². The highest BCUT2D eigenvalue weighted by atomic mass is 15.0. The SMILES string of the molecule is c1ccc(-n2c3ccccc3c3cc(-c4cccc5[nH]c6ccccc6c45)ccc32)cc1. The predicted molar refractivity (Wildman–Crippen MR) is 136 cm³/mol. The molecule has 0 radical (unpaired) electrons. The molecule has 0 amide bonds. The van der Waals surface area contributed by atoms with Crippen LogP contribution in [0.3, 0.4) is 0 Å². The Kier molecular flexibility index (Phi) is 3.58. The van der Waals surface area contributed by atoms with E-state index in [0.717, 1.165) is 0 Å². The molecule has 2 nitrogen and oxygen atoms in total. The molecule has 32 heavy (non-hydrogen) atoms. The van der Waals surface area contributed by atoms with Gasteiger partial charge in [0, 0.05) is 38.3 Å². The molecule has 150 valence electrons. The minimum atomic E-state index is 1.18. The lowest BCUT2D eigenvalue weighted by Crippen LogP contribution is -1.92. The van der Waals surface area contributed by atoms with E-state index in [0.29, 0.717) is 0 Å². The summed E-state index contributed by atoms with van der Waals surface area (Å²) in [5.41, 5.74) is 8.50. The number of aromatic nitrogens is 2. The Labute approximate surface area is 185 Å². The number of nitrogens with one attached hydrogen (secondary N) is 1. The molecule has 0 aliphatic carbocycles. The summed E-state index contributed by atoms with van der Waals surface area (Å²) in [4.78, 5) is 3.58. The number of nitrogens with zero attached hydrogens (tertiary/aromatic N) is 1. The standard InChI is InChI=1S/C30H20N2/c1-2-9-21(10-3-1)32-28-16-7-5-11-23(28)25-19-20(17-18-29(25)32)22-13-8-15-27-30(22)24-12-4-6-14-26(24)31-27/h1-19,31H. The summed E-state index contributed by atoms with van der Waals surface area (Å²) in [5.74, 6) is 0. The maximum absolute atomic E-state index is 3.58. The second-order valence-electron chi connectivity index (χ2n) is 8.32. The van der Waals surface area contributed by atoms with Crippen molar-refractivity contribution in [2.45, 2.75) is 0 Å². The molecule has 7 aromatic rings. The van der Waals surface area contributed by atoms with Crippen LogP contribution < -0.4 is 0 Å². The molecule has 0 aliphatic heterocycles. The van der Waals surface area contributed by atoms with Crippen LogP contribution in [0.1, 0.15) is 0 Å². The lowest BCUT2D eigenvalue weighted by atomic mass is 9.98. The summed E-state index contributed by atoms with van der Waals surface area (Å²) in [7, 11) is 0. The van der Waals surface area contributed by atoms with Crippen molar-refractivity contribution in [3.8, 4) is 16.8 Å². The first-order valence-corrected chi connectivity index (χ1v) is 11.0. The predicted octanol–water partition coefficient (Wildman–Crippen LogP) is 8.09. The topological polar surface area (TPSA) is 20.7 Å². The first-order chi connectivity index (χ1) is 15.9. The highest BCUT2D eigenvalue weighted by Crippen LogP contribution is 2.38. The van der Waals surface area contributed by atoms with Crippen LogP contribution in [0.5, 0.6) is 0 Å². The van der Waals surface area contributed by atoms with Gasteiger partial charge in [-0.15, -0.1) is 0 Å². The number of H-pyrrole nitrogens is 1. The first kappa shape index (κ1) is 17.4. The zero-order chi connectivity index (χ0) is 21.1. The van der Waals surface area contributed by atoms with Crippen LogP contribution in [-0.2, 0) is 0 Å². The number of hydrogen-bond donors (Lipinski definition) is 1. The summed E-state index contributed by atoms with van der Waals surface area (Å²) in [6, 6.07) is 41.3. The van der Waals surface area contributed by atoms with Gasteiger partial charge in [-0.2, -0.15) is 0 Å². The van der Waals surface area contributed by atoms with Gasteiger partial charge in [-0.3, -0.25) is 0 Å². The van der Waals surface area contributed by atoms with Gasteiger partial charge in [-0.25, -0.2) is 0 Å². The van der Waals surface area contributed by atoms with E-state index >= 15 is 0 Å². The zero-order valence-corrected chi connectivity index (χ0v) is 17.4. The van der Waals surface area contributed by atoms with Crippen LogP contribution in [0.15, 0.2) is 115 Å². The minimum absolute atomic E-state index is 1.18. The van der Waals surface area contributed by atoms with Crippen LogP contribution in [0.4, 0.5) is 0 Å². The van der Waals surface area contributed by atoms with Crippen molar-refractivity contribution in [3.05, 3.63) is 115 Å². The Hall–Kier alpha value is -4.30. The molecular weight excluding hydrogens is 388 g/mol. The Bertz CT molecular complexity index is 1770. The molecule has 0 atom stereocenters. The van der Waals surface area contributed by atoms with E-state index in [2.05, 4.69) is 125 Å². The van der Waals surface area contributed by atoms with E-state index in [1.807, 2.05) is 0 Å². The Balaban J connectivity index is 1.56. The van der Waals surface area contributed by atoms with Crippen LogP contribution in [-0.4, -0.2) is 9.55 Å². The summed E-state index contributed by atoms with van der Waals surface area (Å²) in [5, 5.41) is 5.11. The van der Waals surface area contributed by atoms with E-state index < -0.39 is 0 Å². The van der Waals surface area contributed by atoms with Gasteiger partial charge < -0.3 is 9.55 Å². The van der Waals surface area contributed by atoms with Gasteiger partial charge >= 0.3 is 0 Å². The molecule has 5 aromatic carbocycles. The van der Waals surface area contributed by atoms with Crippen molar-refractivity contribution in [1.82, 2.24) is 9.55 Å². The maximum atomic E-state index is 3.58. The minimum Gasteiger partial charge on any atom is -0.354 e. The fourth-order valence-electron chi connectivity index (χ4n) is 5.14. The molecule has 1 N–H and O–H groups in total. The molecule has 0 fully saturated rings. The lowest BCUT2D eigenvalue weighted by molar-refractivity contribution is 1.18. The summed E-state index contributed by atoms with van der Waals surface area (Å²) in [6.07, 6.45) is 0. The summed E-state index contributed by atoms with van der Waals surface area (Å²) in [6.45, 7) is 0. The number of aromatic amines is 1. The van der Waals surface area contributed by atoms with Crippen molar-refractivity contribution >= 4 is 43.6 Å². The molecule has 2 heteroatoms. The van der Waals surface area contributed by atoms with E-state index in [1.165, 1.54) is 60.4 Å². The largest absolute Gasteiger partial charge is 0.354 e. The number of hydrogen-bond acceptors (Lipinski definition) is 0. The smallest absolute Gasteiger partial charge is 0.0541 e. The van der Waals surface area contributed by atoms with Crippen molar-refractivity contribution < 1.29 is 0 Å². The molecule has 7 rings (SSSR count). The molecule has 0 bridgehead atoms. The van der Waals surface area contributed by atoms with Crippen LogP contribution in [0.2, 0.25) is 0 Å². The van der Waals surface area contributed by atoms with Crippen molar-refractivity contribution in [1.29, 1.82) is 0 Å². The highest BCUT2D eigenvalue weighted by Gasteiger charge is 2.15. The first-order valence-electron chi connectivity index (χ1n) is 11.0. The Morgan fingerprint density at radius 2 is 1.22 bits per heavy atom. The number of para-hydroxylation sites is 3. The van der Waals surface area contributed by atoms with Crippen molar-refractivity contribution in [2.24, 2.45) is 0 Å². The molecule has 0 saturated carbocycles. The summed E-state index contributed by atoms with van der Waals surface area (Å²) >= 11 is 0. The molecule has 2 aromatic heterocycles. The van der Waals surface area contributed by atoms with E-state index in [-0.39, 0.29) is 0 Å². The van der Waals surface area contributed by atoms with Gasteiger partial charge in [0.15, 0.2) is 0 Å². The van der Waals surface area contributed by atoms with Crippen molar-refractivity contribution in [3.63, 3.8) is 0 Å². The highest BCUT2D eigenvalue weighted by molar-refractivity contribution is 6.16. The Morgan fingerprint density at radius 3 is 2.12 bits per heavy atom. The fourth-order valence-corrected chi connectivity index (χ4v) is 5.14. The van der Waals surface area contributed by atoms with Gasteiger partial charge in [0.2, 0.25) is 0 Å². The number of fused-ring (bicyclic) bond motifs is 6. The number of rotatable bonds is 2. The van der Waals surface area contributed by atoms with Gasteiger partial charge in [0.05, 0.1) is 11.0 Å². The molecule has 0 saturated heterocycles. The van der Waals surface area contributed by atoms with E-state index in [4.69, 9.17) is 0 Å². The van der Waals surface area contributed by atoms with Crippen LogP contribution in [0, 0.1) is 0 Å². The van der Waals surface area contributed by atoms with E-state index in [1.54, 1.807) is 0 Å². The maximum Gasteiger partial charge on any atom is 0.0541 e. The van der Waals surface area contributed by atoms with Crippen LogP contribution in [0.25, 0.3) is 60.4 Å². The van der Waals surface area contributed by atoms with Gasteiger partial charge in [0.25, 0.3) is 0 Å². The molecule has 0 spiro atoms. The fraction of sp³-hybridized carbons (Fsp3) is 0. The molecule has 0 unspecified atom stereocenters. The van der Waals surface area contributed by atoms with E-state index in [9.17, 15) is 0 Å². The van der Waals surface area contributed by atoms with Gasteiger partial charge in [0.1, 0.15) is 0 Å². The van der Waals surface area contributed by atoms with Crippen molar-refractivity contribution in [2.75, 3.05) is 0 Å². The third-order valence-corrected chi connectivity index (χ3v) is 6.53. The molecule has 0 aliphatic rings. The van der Waals surface area contributed by atoms with Gasteiger partial charge in [-0.1, -0.05) is 72.8 Å².